The van der Waals surface area contributed by atoms with Crippen molar-refractivity contribution >= 4 is 33.2 Å². The highest BCUT2D eigenvalue weighted by molar-refractivity contribution is 9.10. The number of aromatic nitrogens is 1. The first kappa shape index (κ1) is 14.0. The van der Waals surface area contributed by atoms with Crippen molar-refractivity contribution in [1.82, 2.24) is 10.3 Å². The van der Waals surface area contributed by atoms with Gasteiger partial charge in [0, 0.05) is 28.2 Å². The van der Waals surface area contributed by atoms with E-state index in [1.54, 1.807) is 24.8 Å². The highest BCUT2D eigenvalue weighted by atomic mass is 79.9. The van der Waals surface area contributed by atoms with Crippen LogP contribution in [0, 0.1) is 0 Å². The zero-order valence-corrected chi connectivity index (χ0v) is 13.3. The third-order valence-electron chi connectivity index (χ3n) is 2.89. The number of nitrogens with zero attached hydrogens (tertiary/aromatic N) is 1. The van der Waals surface area contributed by atoms with Crippen LogP contribution in [0.25, 0.3) is 11.3 Å². The van der Waals surface area contributed by atoms with Crippen LogP contribution in [0.5, 0.6) is 0 Å². The van der Waals surface area contributed by atoms with Crippen molar-refractivity contribution in [3.8, 4) is 11.3 Å². The highest BCUT2D eigenvalue weighted by Crippen LogP contribution is 2.20. The molecular weight excluding hydrogens is 352 g/mol. The number of amides is 1. The first-order valence-corrected chi connectivity index (χ1v) is 7.89. The van der Waals surface area contributed by atoms with Gasteiger partial charge in [0.05, 0.1) is 23.1 Å². The van der Waals surface area contributed by atoms with Crippen molar-refractivity contribution in [3.63, 3.8) is 0 Å². The number of carbonyl (C=O) groups excluding carboxylic acids is 1. The molecule has 0 fully saturated rings. The number of halogens is 1. The van der Waals surface area contributed by atoms with Gasteiger partial charge in [-0.3, -0.25) is 9.78 Å². The highest BCUT2D eigenvalue weighted by Gasteiger charge is 2.08. The van der Waals surface area contributed by atoms with E-state index in [0.717, 1.165) is 21.3 Å². The Hall–Kier alpha value is -1.92. The van der Waals surface area contributed by atoms with Gasteiger partial charge in [0.25, 0.3) is 5.91 Å². The number of nitrogens with one attached hydrogen (secondary N) is 1. The van der Waals surface area contributed by atoms with Crippen LogP contribution in [0.15, 0.2) is 57.3 Å². The molecule has 3 rings (SSSR count). The molecule has 106 valence electrons. The van der Waals surface area contributed by atoms with Crippen molar-refractivity contribution in [3.05, 3.63) is 63.3 Å². The summed E-state index contributed by atoms with van der Waals surface area (Å²) in [5, 5.41) is 4.76. The van der Waals surface area contributed by atoms with E-state index < -0.39 is 0 Å². The van der Waals surface area contributed by atoms with Crippen LogP contribution >= 0.6 is 27.3 Å². The molecule has 3 aromatic heterocycles. The number of furan rings is 1. The van der Waals surface area contributed by atoms with Crippen molar-refractivity contribution in [2.75, 3.05) is 0 Å². The Kier molecular flexibility index (Phi) is 4.17. The lowest BCUT2D eigenvalue weighted by Gasteiger charge is -2.04. The molecular formula is C15H11BrN2O2S. The molecule has 3 aromatic rings. The van der Waals surface area contributed by atoms with Crippen LogP contribution in [0.2, 0.25) is 0 Å². The SMILES string of the molecule is O=C(NCc1ccc(-c2ccoc2)nc1)c1cc(Br)cs1. The van der Waals surface area contributed by atoms with Gasteiger partial charge in [-0.05, 0) is 39.7 Å². The summed E-state index contributed by atoms with van der Waals surface area (Å²) in [6.45, 7) is 0.451. The molecule has 0 saturated heterocycles. The summed E-state index contributed by atoms with van der Waals surface area (Å²) in [5.41, 5.74) is 2.74. The molecule has 0 atom stereocenters. The van der Waals surface area contributed by atoms with Crippen LogP contribution < -0.4 is 5.32 Å². The molecule has 4 nitrogen and oxygen atoms in total. The van der Waals surface area contributed by atoms with Gasteiger partial charge in [0.1, 0.15) is 0 Å². The number of hydrogen-bond donors (Lipinski definition) is 1. The van der Waals surface area contributed by atoms with E-state index >= 15 is 0 Å². The Labute approximate surface area is 134 Å². The van der Waals surface area contributed by atoms with E-state index in [2.05, 4.69) is 26.2 Å². The standard InChI is InChI=1S/C15H11BrN2O2S/c16-12-5-14(21-9-12)15(19)18-7-10-1-2-13(17-6-10)11-3-4-20-8-11/h1-6,8-9H,7H2,(H,18,19). The summed E-state index contributed by atoms with van der Waals surface area (Å²) < 4.78 is 5.95. The molecule has 0 aliphatic heterocycles. The average molecular weight is 363 g/mol. The maximum atomic E-state index is 11.9. The first-order chi connectivity index (χ1) is 10.2. The van der Waals surface area contributed by atoms with Crippen molar-refractivity contribution < 1.29 is 9.21 Å². The molecule has 3 heterocycles. The second kappa shape index (κ2) is 6.24. The number of hydrogen-bond acceptors (Lipinski definition) is 4. The van der Waals surface area contributed by atoms with Crippen molar-refractivity contribution in [1.29, 1.82) is 0 Å². The van der Waals surface area contributed by atoms with Gasteiger partial charge in [-0.2, -0.15) is 0 Å². The Bertz CT molecular complexity index is 735. The Balaban J connectivity index is 1.62. The zero-order chi connectivity index (χ0) is 14.7. The topological polar surface area (TPSA) is 55.1 Å². The van der Waals surface area contributed by atoms with Crippen LogP contribution in [0.1, 0.15) is 15.2 Å². The molecule has 0 unspecified atom stereocenters. The van der Waals surface area contributed by atoms with Gasteiger partial charge in [-0.1, -0.05) is 6.07 Å². The second-order valence-corrected chi connectivity index (χ2v) is 6.20. The Morgan fingerprint density at radius 2 is 2.29 bits per heavy atom. The van der Waals surface area contributed by atoms with Gasteiger partial charge in [0.15, 0.2) is 0 Å². The lowest BCUT2D eigenvalue weighted by Crippen LogP contribution is -2.21. The minimum atomic E-state index is -0.0791. The predicted octanol–water partition coefficient (Wildman–Crippen LogP) is 4.10. The molecule has 21 heavy (non-hydrogen) atoms. The summed E-state index contributed by atoms with van der Waals surface area (Å²) in [6.07, 6.45) is 5.02. The fraction of sp³-hybridized carbons (Fsp3) is 0.0667. The van der Waals surface area contributed by atoms with E-state index in [-0.39, 0.29) is 5.91 Å². The van der Waals surface area contributed by atoms with Gasteiger partial charge in [0.2, 0.25) is 0 Å². The van der Waals surface area contributed by atoms with Gasteiger partial charge in [-0.15, -0.1) is 11.3 Å². The smallest absolute Gasteiger partial charge is 0.261 e. The van der Waals surface area contributed by atoms with Gasteiger partial charge < -0.3 is 9.73 Å². The quantitative estimate of drug-likeness (QED) is 0.760. The van der Waals surface area contributed by atoms with E-state index in [0.29, 0.717) is 11.4 Å². The van der Waals surface area contributed by atoms with Crippen molar-refractivity contribution in [2.24, 2.45) is 0 Å². The maximum Gasteiger partial charge on any atom is 0.261 e. The maximum absolute atomic E-state index is 11.9. The number of carbonyl (C=O) groups is 1. The molecule has 1 amide bonds. The van der Waals surface area contributed by atoms with E-state index in [1.165, 1.54) is 11.3 Å². The van der Waals surface area contributed by atoms with Gasteiger partial charge >= 0.3 is 0 Å². The van der Waals surface area contributed by atoms with Gasteiger partial charge in [-0.25, -0.2) is 0 Å². The summed E-state index contributed by atoms with van der Waals surface area (Å²) in [7, 11) is 0. The van der Waals surface area contributed by atoms with Crippen LogP contribution in [0.3, 0.4) is 0 Å². The summed E-state index contributed by atoms with van der Waals surface area (Å²) in [4.78, 5) is 17.0. The molecule has 6 heteroatoms. The van der Waals surface area contributed by atoms with E-state index in [1.807, 2.05) is 23.6 Å². The molecule has 0 radical (unpaired) electrons. The fourth-order valence-corrected chi connectivity index (χ4v) is 3.15. The van der Waals surface area contributed by atoms with Crippen LogP contribution in [0.4, 0.5) is 0 Å². The molecule has 1 N–H and O–H groups in total. The largest absolute Gasteiger partial charge is 0.472 e. The Morgan fingerprint density at radius 3 is 2.90 bits per heavy atom. The summed E-state index contributed by atoms with van der Waals surface area (Å²) in [5.74, 6) is -0.0791. The lowest BCUT2D eigenvalue weighted by molar-refractivity contribution is 0.0955. The minimum absolute atomic E-state index is 0.0791. The first-order valence-electron chi connectivity index (χ1n) is 6.22. The van der Waals surface area contributed by atoms with E-state index in [9.17, 15) is 4.79 Å². The molecule has 0 spiro atoms. The average Bonchev–Trinajstić information content (AvgIpc) is 3.16. The number of pyridine rings is 1. The molecule has 0 bridgehead atoms. The minimum Gasteiger partial charge on any atom is -0.472 e. The number of rotatable bonds is 4. The molecule has 0 aromatic carbocycles. The second-order valence-electron chi connectivity index (χ2n) is 4.38. The monoisotopic (exact) mass is 362 g/mol. The summed E-state index contributed by atoms with van der Waals surface area (Å²) in [6, 6.07) is 7.52. The normalized spacial score (nSPS) is 10.5. The lowest BCUT2D eigenvalue weighted by atomic mass is 10.2. The van der Waals surface area contributed by atoms with Crippen LogP contribution in [-0.4, -0.2) is 10.9 Å². The molecule has 0 saturated carbocycles. The van der Waals surface area contributed by atoms with E-state index in [4.69, 9.17) is 4.42 Å². The number of thiophene rings is 1. The fourth-order valence-electron chi connectivity index (χ4n) is 1.81. The van der Waals surface area contributed by atoms with Crippen molar-refractivity contribution in [2.45, 2.75) is 6.54 Å². The predicted molar refractivity (Wildman–Crippen MR) is 85.1 cm³/mol. The molecule has 0 aliphatic rings. The third kappa shape index (κ3) is 3.40. The van der Waals surface area contributed by atoms with Crippen LogP contribution in [-0.2, 0) is 6.54 Å². The Morgan fingerprint density at radius 1 is 1.38 bits per heavy atom. The summed E-state index contributed by atoms with van der Waals surface area (Å²) >= 11 is 4.74. The third-order valence-corrected chi connectivity index (χ3v) is 4.58. The molecule has 0 aliphatic carbocycles. The zero-order valence-electron chi connectivity index (χ0n) is 10.9.